The first-order valence-corrected chi connectivity index (χ1v) is 9.90. The van der Waals surface area contributed by atoms with Gasteiger partial charge in [-0.25, -0.2) is 4.79 Å². The molecule has 1 aliphatic carbocycles. The molecule has 0 bridgehead atoms. The molecule has 0 aromatic carbocycles. The molecule has 1 amide bonds. The summed E-state index contributed by atoms with van der Waals surface area (Å²) in [6.07, 6.45) is 3.04. The Labute approximate surface area is 177 Å². The Hall–Kier alpha value is -1.03. The number of halogens is 1. The number of ether oxygens (including phenoxy) is 1. The number of aliphatic imine (C=N–C) groups is 1. The van der Waals surface area contributed by atoms with Crippen LogP contribution in [-0.4, -0.2) is 44.8 Å². The second-order valence-electron chi connectivity index (χ2n) is 6.53. The smallest absolute Gasteiger partial charge is 0.407 e. The van der Waals surface area contributed by atoms with Crippen molar-refractivity contribution < 1.29 is 9.53 Å². The van der Waals surface area contributed by atoms with E-state index in [-0.39, 0.29) is 36.1 Å². The monoisotopic (exact) mass is 494 g/mol. The third-order valence-corrected chi connectivity index (χ3v) is 5.13. The highest BCUT2D eigenvalue weighted by Gasteiger charge is 2.32. The van der Waals surface area contributed by atoms with Gasteiger partial charge in [0.2, 0.25) is 0 Å². The molecular weight excluding hydrogens is 463 g/mol. The topological polar surface area (TPSA) is 74.8 Å². The maximum atomic E-state index is 11.7. The van der Waals surface area contributed by atoms with Crippen molar-refractivity contribution in [2.24, 2.45) is 16.8 Å². The van der Waals surface area contributed by atoms with Crippen LogP contribution in [0, 0.1) is 11.8 Å². The zero-order valence-corrected chi connectivity index (χ0v) is 18.9. The molecule has 0 aliphatic heterocycles. The first-order chi connectivity index (χ1) is 12.1. The molecule has 148 valence electrons. The summed E-state index contributed by atoms with van der Waals surface area (Å²) in [6.45, 7) is 5.95. The van der Waals surface area contributed by atoms with E-state index in [1.54, 1.807) is 18.4 Å². The Kier molecular flexibility index (Phi) is 11.0. The lowest BCUT2D eigenvalue weighted by molar-refractivity contribution is 0.146. The normalized spacial score (nSPS) is 16.2. The molecule has 1 aliphatic rings. The van der Waals surface area contributed by atoms with E-state index in [1.807, 2.05) is 6.92 Å². The van der Waals surface area contributed by atoms with Crippen LogP contribution in [0.1, 0.15) is 31.6 Å². The predicted octanol–water partition coefficient (Wildman–Crippen LogP) is 3.23. The van der Waals surface area contributed by atoms with Crippen LogP contribution in [0.3, 0.4) is 0 Å². The molecular formula is C18H31IN4O2S. The lowest BCUT2D eigenvalue weighted by atomic mass is 10.1. The van der Waals surface area contributed by atoms with Gasteiger partial charge in [-0.3, -0.25) is 4.99 Å². The number of guanidine groups is 1. The van der Waals surface area contributed by atoms with Gasteiger partial charge >= 0.3 is 6.09 Å². The summed E-state index contributed by atoms with van der Waals surface area (Å²) < 4.78 is 4.99. The number of nitrogens with one attached hydrogen (secondary N) is 3. The highest BCUT2D eigenvalue weighted by molar-refractivity contribution is 14.0. The fourth-order valence-corrected chi connectivity index (χ4v) is 3.57. The largest absolute Gasteiger partial charge is 0.450 e. The number of alkyl carbamates (subject to hydrolysis) is 1. The van der Waals surface area contributed by atoms with Crippen LogP contribution in [-0.2, 0) is 11.2 Å². The average molecular weight is 494 g/mol. The van der Waals surface area contributed by atoms with E-state index in [2.05, 4.69) is 45.4 Å². The Morgan fingerprint density at radius 2 is 2.12 bits per heavy atom. The van der Waals surface area contributed by atoms with E-state index in [1.165, 1.54) is 4.88 Å². The number of carbonyl (C=O) groups is 1. The van der Waals surface area contributed by atoms with Crippen LogP contribution in [0.5, 0.6) is 0 Å². The van der Waals surface area contributed by atoms with Crippen molar-refractivity contribution in [1.82, 2.24) is 16.0 Å². The summed E-state index contributed by atoms with van der Waals surface area (Å²) in [7, 11) is 1.77. The van der Waals surface area contributed by atoms with Gasteiger partial charge in [0.25, 0.3) is 0 Å². The van der Waals surface area contributed by atoms with E-state index in [9.17, 15) is 4.79 Å². The minimum absolute atomic E-state index is 0. The summed E-state index contributed by atoms with van der Waals surface area (Å²) in [5, 5.41) is 11.8. The number of hydrogen-bond acceptors (Lipinski definition) is 4. The van der Waals surface area contributed by atoms with Gasteiger partial charge in [0.1, 0.15) is 0 Å². The van der Waals surface area contributed by atoms with Crippen molar-refractivity contribution in [3.05, 3.63) is 22.4 Å². The minimum atomic E-state index is -0.339. The van der Waals surface area contributed by atoms with Crippen LogP contribution in [0.25, 0.3) is 0 Å². The first-order valence-electron chi connectivity index (χ1n) is 9.02. The third-order valence-electron chi connectivity index (χ3n) is 4.23. The number of carbonyl (C=O) groups excluding carboxylic acids is 1. The highest BCUT2D eigenvalue weighted by atomic mass is 127. The zero-order valence-electron chi connectivity index (χ0n) is 15.8. The Morgan fingerprint density at radius 3 is 2.69 bits per heavy atom. The number of rotatable bonds is 9. The molecule has 3 N–H and O–H groups in total. The second-order valence-corrected chi connectivity index (χ2v) is 7.56. The van der Waals surface area contributed by atoms with Gasteiger partial charge < -0.3 is 20.7 Å². The summed E-state index contributed by atoms with van der Waals surface area (Å²) in [5.41, 5.74) is 0. The van der Waals surface area contributed by atoms with Gasteiger partial charge in [0.05, 0.1) is 12.6 Å². The van der Waals surface area contributed by atoms with Crippen LogP contribution >= 0.6 is 35.3 Å². The fourth-order valence-electron chi connectivity index (χ4n) is 2.70. The summed E-state index contributed by atoms with van der Waals surface area (Å²) in [6, 6.07) is 4.35. The molecule has 8 heteroatoms. The van der Waals surface area contributed by atoms with Gasteiger partial charge in [0.15, 0.2) is 5.96 Å². The fraction of sp³-hybridized carbons (Fsp3) is 0.667. The van der Waals surface area contributed by atoms with Gasteiger partial charge in [-0.1, -0.05) is 13.0 Å². The quantitative estimate of drug-likeness (QED) is 0.280. The van der Waals surface area contributed by atoms with Gasteiger partial charge in [0, 0.05) is 25.0 Å². The summed E-state index contributed by atoms with van der Waals surface area (Å²) in [4.78, 5) is 17.3. The molecule has 2 unspecified atom stereocenters. The van der Waals surface area contributed by atoms with E-state index in [4.69, 9.17) is 4.74 Å². The van der Waals surface area contributed by atoms with Gasteiger partial charge in [-0.15, -0.1) is 35.3 Å². The van der Waals surface area contributed by atoms with Crippen molar-refractivity contribution in [3.8, 4) is 0 Å². The van der Waals surface area contributed by atoms with Crippen molar-refractivity contribution in [1.29, 1.82) is 0 Å². The lowest BCUT2D eigenvalue weighted by Gasteiger charge is -2.21. The number of nitrogens with zero attached hydrogens (tertiary/aromatic N) is 1. The molecule has 1 aromatic heterocycles. The molecule has 1 fully saturated rings. The van der Waals surface area contributed by atoms with Crippen LogP contribution in [0.15, 0.2) is 22.5 Å². The second kappa shape index (κ2) is 12.4. The number of amides is 1. The van der Waals surface area contributed by atoms with E-state index >= 15 is 0 Å². The van der Waals surface area contributed by atoms with Gasteiger partial charge in [-0.2, -0.15) is 0 Å². The van der Waals surface area contributed by atoms with Crippen molar-refractivity contribution in [2.45, 2.75) is 39.2 Å². The lowest BCUT2D eigenvalue weighted by Crippen LogP contribution is -2.48. The molecule has 1 aromatic rings. The van der Waals surface area contributed by atoms with E-state index < -0.39 is 0 Å². The summed E-state index contributed by atoms with van der Waals surface area (Å²) in [5.74, 6) is 1.83. The Bertz CT molecular complexity index is 549. The zero-order chi connectivity index (χ0) is 18.1. The molecule has 0 saturated heterocycles. The van der Waals surface area contributed by atoms with E-state index in [0.717, 1.165) is 31.8 Å². The molecule has 0 spiro atoms. The highest BCUT2D eigenvalue weighted by Crippen LogP contribution is 2.32. The molecule has 26 heavy (non-hydrogen) atoms. The number of thiophene rings is 1. The minimum Gasteiger partial charge on any atom is -0.450 e. The molecule has 1 heterocycles. The van der Waals surface area contributed by atoms with E-state index in [0.29, 0.717) is 25.0 Å². The van der Waals surface area contributed by atoms with Crippen LogP contribution < -0.4 is 16.0 Å². The first kappa shape index (κ1) is 23.0. The Morgan fingerprint density at radius 1 is 1.38 bits per heavy atom. The molecule has 1 saturated carbocycles. The predicted molar refractivity (Wildman–Crippen MR) is 119 cm³/mol. The van der Waals surface area contributed by atoms with Crippen molar-refractivity contribution in [2.75, 3.05) is 26.7 Å². The third kappa shape index (κ3) is 8.57. The van der Waals surface area contributed by atoms with Crippen molar-refractivity contribution in [3.63, 3.8) is 0 Å². The van der Waals surface area contributed by atoms with Crippen molar-refractivity contribution >= 4 is 47.4 Å². The van der Waals surface area contributed by atoms with Crippen LogP contribution in [0.2, 0.25) is 0 Å². The maximum absolute atomic E-state index is 11.7. The molecule has 0 radical (unpaired) electrons. The maximum Gasteiger partial charge on any atom is 0.407 e. The number of hydrogen-bond donors (Lipinski definition) is 3. The van der Waals surface area contributed by atoms with Gasteiger partial charge in [-0.05, 0) is 49.5 Å². The SMILES string of the molecule is CCOC(=O)NC(CNC(=NC)NCC(C)Cc1cccs1)C1CC1.I. The van der Waals surface area contributed by atoms with Crippen LogP contribution in [0.4, 0.5) is 4.79 Å². The molecule has 6 nitrogen and oxygen atoms in total. The molecule has 2 atom stereocenters. The molecule has 2 rings (SSSR count). The Balaban J connectivity index is 0.00000338. The standard InChI is InChI=1S/C18H30N4O2S.HI/c1-4-24-18(23)22-16(14-7-8-14)12-21-17(19-3)20-11-13(2)10-15-6-5-9-25-15;/h5-6,9,13-14,16H,4,7-8,10-12H2,1-3H3,(H,22,23)(H2,19,20,21);1H. The summed E-state index contributed by atoms with van der Waals surface area (Å²) >= 11 is 1.80. The average Bonchev–Trinajstić information content (AvgIpc) is 3.31.